The fourth-order valence-electron chi connectivity index (χ4n) is 1.73. The zero-order chi connectivity index (χ0) is 12.7. The molecule has 0 atom stereocenters. The van der Waals surface area contributed by atoms with Crippen molar-refractivity contribution >= 4 is 21.6 Å². The van der Waals surface area contributed by atoms with Crippen LogP contribution in [0.15, 0.2) is 39.7 Å². The highest BCUT2D eigenvalue weighted by molar-refractivity contribution is 9.10. The Morgan fingerprint density at radius 3 is 2.67 bits per heavy atom. The molecule has 90 valence electrons. The maximum atomic E-state index is 11.6. The SMILES string of the molecule is Cc1c[nH]c(=O)n2nc(-c3ccc(Br)cc3)nc12. The number of rotatable bonds is 1. The first-order chi connectivity index (χ1) is 8.65. The summed E-state index contributed by atoms with van der Waals surface area (Å²) in [7, 11) is 0. The summed E-state index contributed by atoms with van der Waals surface area (Å²) in [6, 6.07) is 7.64. The average molecular weight is 305 g/mol. The van der Waals surface area contributed by atoms with Gasteiger partial charge in [0.15, 0.2) is 11.5 Å². The van der Waals surface area contributed by atoms with E-state index in [1.54, 1.807) is 6.20 Å². The van der Waals surface area contributed by atoms with Crippen LogP contribution in [0.2, 0.25) is 0 Å². The Bertz CT molecular complexity index is 773. The van der Waals surface area contributed by atoms with Crippen LogP contribution in [0, 0.1) is 6.92 Å². The van der Waals surface area contributed by atoms with Gasteiger partial charge in [0, 0.05) is 21.8 Å². The zero-order valence-electron chi connectivity index (χ0n) is 9.51. The maximum Gasteiger partial charge on any atom is 0.348 e. The molecule has 0 fully saturated rings. The monoisotopic (exact) mass is 304 g/mol. The Hall–Kier alpha value is -1.95. The van der Waals surface area contributed by atoms with Gasteiger partial charge in [-0.2, -0.15) is 4.52 Å². The highest BCUT2D eigenvalue weighted by Gasteiger charge is 2.09. The number of halogens is 1. The first kappa shape index (κ1) is 11.2. The predicted molar refractivity (Wildman–Crippen MR) is 71.5 cm³/mol. The first-order valence-electron chi connectivity index (χ1n) is 5.36. The third kappa shape index (κ3) is 1.74. The number of benzene rings is 1. The Balaban J connectivity index is 2.25. The molecule has 1 N–H and O–H groups in total. The van der Waals surface area contributed by atoms with Crippen molar-refractivity contribution in [2.24, 2.45) is 0 Å². The van der Waals surface area contributed by atoms with Gasteiger partial charge in [-0.15, -0.1) is 5.10 Å². The summed E-state index contributed by atoms with van der Waals surface area (Å²) in [6.45, 7) is 1.88. The summed E-state index contributed by atoms with van der Waals surface area (Å²) in [5.41, 5.74) is 2.05. The second kappa shape index (κ2) is 4.06. The molecular weight excluding hydrogens is 296 g/mol. The van der Waals surface area contributed by atoms with Gasteiger partial charge in [-0.1, -0.05) is 28.1 Å². The topological polar surface area (TPSA) is 63.0 Å². The third-order valence-electron chi connectivity index (χ3n) is 2.67. The molecule has 1 aromatic carbocycles. The molecule has 5 nitrogen and oxygen atoms in total. The average Bonchev–Trinajstić information content (AvgIpc) is 2.81. The minimum Gasteiger partial charge on any atom is -0.312 e. The third-order valence-corrected chi connectivity index (χ3v) is 3.20. The molecule has 6 heteroatoms. The second-order valence-electron chi connectivity index (χ2n) is 3.95. The van der Waals surface area contributed by atoms with Crippen molar-refractivity contribution in [2.45, 2.75) is 6.92 Å². The van der Waals surface area contributed by atoms with Crippen LogP contribution in [-0.2, 0) is 0 Å². The second-order valence-corrected chi connectivity index (χ2v) is 4.87. The molecule has 0 unspecified atom stereocenters. The fourth-order valence-corrected chi connectivity index (χ4v) is 1.99. The minimum atomic E-state index is -0.286. The number of nitrogens with one attached hydrogen (secondary N) is 1. The van der Waals surface area contributed by atoms with Gasteiger partial charge in [0.05, 0.1) is 0 Å². The number of fused-ring (bicyclic) bond motifs is 1. The highest BCUT2D eigenvalue weighted by atomic mass is 79.9. The summed E-state index contributed by atoms with van der Waals surface area (Å²) in [5.74, 6) is 0.544. The number of nitrogens with zero attached hydrogens (tertiary/aromatic N) is 3. The fraction of sp³-hybridized carbons (Fsp3) is 0.0833. The van der Waals surface area contributed by atoms with Crippen LogP contribution >= 0.6 is 15.9 Å². The number of aromatic amines is 1. The molecule has 18 heavy (non-hydrogen) atoms. The number of H-pyrrole nitrogens is 1. The molecule has 2 aromatic heterocycles. The largest absolute Gasteiger partial charge is 0.348 e. The van der Waals surface area contributed by atoms with Crippen molar-refractivity contribution in [1.29, 1.82) is 0 Å². The van der Waals surface area contributed by atoms with E-state index in [9.17, 15) is 4.79 Å². The Labute approximate surface area is 111 Å². The van der Waals surface area contributed by atoms with E-state index in [-0.39, 0.29) is 5.69 Å². The van der Waals surface area contributed by atoms with E-state index in [1.807, 2.05) is 31.2 Å². The first-order valence-corrected chi connectivity index (χ1v) is 6.15. The molecule has 3 rings (SSSR count). The Morgan fingerprint density at radius 2 is 2.00 bits per heavy atom. The van der Waals surface area contributed by atoms with Gasteiger partial charge in [-0.3, -0.25) is 0 Å². The van der Waals surface area contributed by atoms with Crippen molar-refractivity contribution in [3.8, 4) is 11.4 Å². The maximum absolute atomic E-state index is 11.6. The Kier molecular flexibility index (Phi) is 2.52. The van der Waals surface area contributed by atoms with E-state index < -0.39 is 0 Å². The lowest BCUT2D eigenvalue weighted by atomic mass is 10.2. The van der Waals surface area contributed by atoms with Gasteiger partial charge in [-0.25, -0.2) is 9.78 Å². The molecule has 0 radical (unpaired) electrons. The lowest BCUT2D eigenvalue weighted by Gasteiger charge is -1.93. The van der Waals surface area contributed by atoms with Crippen LogP contribution in [0.5, 0.6) is 0 Å². The van der Waals surface area contributed by atoms with Crippen molar-refractivity contribution in [1.82, 2.24) is 19.6 Å². The van der Waals surface area contributed by atoms with Gasteiger partial charge in [0.1, 0.15) is 0 Å². The molecule has 3 aromatic rings. The molecule has 0 saturated heterocycles. The van der Waals surface area contributed by atoms with Gasteiger partial charge in [0.25, 0.3) is 0 Å². The van der Waals surface area contributed by atoms with E-state index in [1.165, 1.54) is 4.52 Å². The van der Waals surface area contributed by atoms with Crippen LogP contribution in [0.4, 0.5) is 0 Å². The number of hydrogen-bond donors (Lipinski definition) is 1. The summed E-state index contributed by atoms with van der Waals surface area (Å²) in [5, 5.41) is 4.22. The molecule has 0 bridgehead atoms. The van der Waals surface area contributed by atoms with Gasteiger partial charge in [0.2, 0.25) is 0 Å². The number of hydrogen-bond acceptors (Lipinski definition) is 3. The molecule has 0 aliphatic heterocycles. The lowest BCUT2D eigenvalue weighted by molar-refractivity contribution is 0.864. The van der Waals surface area contributed by atoms with Crippen LogP contribution < -0.4 is 5.69 Å². The zero-order valence-corrected chi connectivity index (χ0v) is 11.1. The van der Waals surface area contributed by atoms with E-state index in [0.29, 0.717) is 11.5 Å². The molecule has 0 saturated carbocycles. The predicted octanol–water partition coefficient (Wildman–Crippen LogP) is 2.16. The number of aromatic nitrogens is 4. The van der Waals surface area contributed by atoms with E-state index in [0.717, 1.165) is 15.6 Å². The van der Waals surface area contributed by atoms with E-state index >= 15 is 0 Å². The van der Waals surface area contributed by atoms with Crippen molar-refractivity contribution in [2.75, 3.05) is 0 Å². The number of aryl methyl sites for hydroxylation is 1. The molecule has 0 spiro atoms. The lowest BCUT2D eigenvalue weighted by Crippen LogP contribution is -2.17. The molecule has 0 amide bonds. The summed E-state index contributed by atoms with van der Waals surface area (Å²) in [4.78, 5) is 18.6. The quantitative estimate of drug-likeness (QED) is 0.749. The summed E-state index contributed by atoms with van der Waals surface area (Å²) >= 11 is 3.37. The highest BCUT2D eigenvalue weighted by Crippen LogP contribution is 2.19. The molecular formula is C12H9BrN4O. The van der Waals surface area contributed by atoms with Crippen molar-refractivity contribution in [3.63, 3.8) is 0 Å². The normalized spacial score (nSPS) is 11.0. The summed E-state index contributed by atoms with van der Waals surface area (Å²) in [6.07, 6.45) is 1.64. The van der Waals surface area contributed by atoms with Crippen LogP contribution in [0.3, 0.4) is 0 Å². The van der Waals surface area contributed by atoms with Gasteiger partial charge >= 0.3 is 5.69 Å². The van der Waals surface area contributed by atoms with E-state index in [2.05, 4.69) is 31.0 Å². The molecule has 0 aliphatic rings. The van der Waals surface area contributed by atoms with Gasteiger partial charge in [-0.05, 0) is 19.1 Å². The van der Waals surface area contributed by atoms with Crippen molar-refractivity contribution < 1.29 is 0 Å². The molecule has 0 aliphatic carbocycles. The van der Waals surface area contributed by atoms with E-state index in [4.69, 9.17) is 0 Å². The van der Waals surface area contributed by atoms with Crippen LogP contribution in [-0.4, -0.2) is 19.6 Å². The minimum absolute atomic E-state index is 0.286. The van der Waals surface area contributed by atoms with Crippen LogP contribution in [0.1, 0.15) is 5.56 Å². The van der Waals surface area contributed by atoms with Crippen molar-refractivity contribution in [3.05, 3.63) is 51.0 Å². The van der Waals surface area contributed by atoms with Gasteiger partial charge < -0.3 is 4.98 Å². The van der Waals surface area contributed by atoms with Crippen LogP contribution in [0.25, 0.3) is 17.0 Å². The standard InChI is InChI=1S/C12H9BrN4O/c1-7-6-14-12(18)17-11(7)15-10(16-17)8-2-4-9(13)5-3-8/h2-6H,1H3,(H,14,18). The summed E-state index contributed by atoms with van der Waals surface area (Å²) < 4.78 is 2.27. The Morgan fingerprint density at radius 1 is 1.28 bits per heavy atom. The smallest absolute Gasteiger partial charge is 0.312 e. The molecule has 2 heterocycles.